The van der Waals surface area contributed by atoms with Gasteiger partial charge in [0.15, 0.2) is 6.54 Å². The van der Waals surface area contributed by atoms with Gasteiger partial charge in [-0.25, -0.2) is 0 Å². The van der Waals surface area contributed by atoms with Gasteiger partial charge < -0.3 is 15.1 Å². The van der Waals surface area contributed by atoms with E-state index in [1.807, 2.05) is 32.3 Å². The van der Waals surface area contributed by atoms with Gasteiger partial charge in [0.25, 0.3) is 5.91 Å². The van der Waals surface area contributed by atoms with Crippen molar-refractivity contribution < 1.29 is 9.69 Å². The van der Waals surface area contributed by atoms with Gasteiger partial charge in [0.2, 0.25) is 0 Å². The first-order valence-corrected chi connectivity index (χ1v) is 8.49. The van der Waals surface area contributed by atoms with E-state index in [0.29, 0.717) is 13.1 Å². The summed E-state index contributed by atoms with van der Waals surface area (Å²) in [6.07, 6.45) is 0. The van der Waals surface area contributed by atoms with Crippen molar-refractivity contribution in [3.8, 4) is 0 Å². The van der Waals surface area contributed by atoms with Crippen molar-refractivity contribution in [3.63, 3.8) is 0 Å². The number of carbonyl (C=O) groups excluding carboxylic acids is 1. The fourth-order valence-electron chi connectivity index (χ4n) is 2.60. The number of hydrogen-bond acceptors (Lipinski definition) is 2. The number of benzene rings is 2. The van der Waals surface area contributed by atoms with Crippen molar-refractivity contribution in [2.75, 3.05) is 32.1 Å². The van der Waals surface area contributed by atoms with Crippen LogP contribution in [0.25, 0.3) is 0 Å². The zero-order chi connectivity index (χ0) is 17.4. The molecule has 2 rings (SSSR count). The number of nitrogens with one attached hydrogen (secondary N) is 2. The summed E-state index contributed by atoms with van der Waals surface area (Å²) in [7, 11) is 4.04. The van der Waals surface area contributed by atoms with Crippen LogP contribution in [0.1, 0.15) is 18.1 Å². The van der Waals surface area contributed by atoms with Crippen molar-refractivity contribution in [1.29, 1.82) is 0 Å². The lowest BCUT2D eigenvalue weighted by molar-refractivity contribution is -0.904. The Balaban J connectivity index is 1.81. The van der Waals surface area contributed by atoms with E-state index in [4.69, 9.17) is 0 Å². The van der Waals surface area contributed by atoms with Gasteiger partial charge in [-0.05, 0) is 24.6 Å². The monoisotopic (exact) mass is 326 g/mol. The summed E-state index contributed by atoms with van der Waals surface area (Å²) in [6.45, 7) is 5.00. The summed E-state index contributed by atoms with van der Waals surface area (Å²) >= 11 is 0. The highest BCUT2D eigenvalue weighted by molar-refractivity contribution is 5.76. The molecule has 0 spiro atoms. The van der Waals surface area contributed by atoms with E-state index >= 15 is 0 Å². The highest BCUT2D eigenvalue weighted by Crippen LogP contribution is 2.11. The second-order valence-corrected chi connectivity index (χ2v) is 6.28. The number of nitrogens with zero attached hydrogens (tertiary/aromatic N) is 1. The van der Waals surface area contributed by atoms with Gasteiger partial charge in [-0.15, -0.1) is 0 Å². The number of carbonyl (C=O) groups is 1. The molecule has 0 aliphatic heterocycles. The molecule has 0 heterocycles. The Kier molecular flexibility index (Phi) is 6.82. The molecule has 0 saturated heterocycles. The second kappa shape index (κ2) is 9.08. The van der Waals surface area contributed by atoms with Gasteiger partial charge in [-0.2, -0.15) is 0 Å². The lowest BCUT2D eigenvalue weighted by Crippen LogP contribution is -3.11. The van der Waals surface area contributed by atoms with Crippen LogP contribution in [0.3, 0.4) is 0 Å². The van der Waals surface area contributed by atoms with E-state index in [1.165, 1.54) is 10.5 Å². The topological polar surface area (TPSA) is 36.8 Å². The Bertz CT molecular complexity index is 623. The molecular weight excluding hydrogens is 298 g/mol. The first-order chi connectivity index (χ1) is 11.6. The van der Waals surface area contributed by atoms with Crippen molar-refractivity contribution in [1.82, 2.24) is 5.32 Å². The largest absolute Gasteiger partial charge is 0.378 e. The SMILES string of the molecule is CC[NH+](CC(=O)NCc1ccc(N(C)C)cc1)Cc1ccccc1. The van der Waals surface area contributed by atoms with Gasteiger partial charge in [0, 0.05) is 31.9 Å². The molecule has 4 nitrogen and oxygen atoms in total. The van der Waals surface area contributed by atoms with Gasteiger partial charge in [-0.1, -0.05) is 42.5 Å². The minimum atomic E-state index is 0.0967. The number of likely N-dealkylation sites (N-methyl/N-ethyl adjacent to an activating group) is 1. The van der Waals surface area contributed by atoms with Crippen LogP contribution in [-0.2, 0) is 17.9 Å². The lowest BCUT2D eigenvalue weighted by Gasteiger charge is -2.17. The van der Waals surface area contributed by atoms with E-state index < -0.39 is 0 Å². The van der Waals surface area contributed by atoms with Crippen LogP contribution in [-0.4, -0.2) is 33.1 Å². The summed E-state index contributed by atoms with van der Waals surface area (Å²) in [5.41, 5.74) is 3.55. The lowest BCUT2D eigenvalue weighted by atomic mass is 10.2. The van der Waals surface area contributed by atoms with Gasteiger partial charge in [0.05, 0.1) is 6.54 Å². The van der Waals surface area contributed by atoms with Crippen LogP contribution >= 0.6 is 0 Å². The summed E-state index contributed by atoms with van der Waals surface area (Å²) in [5.74, 6) is 0.0967. The van der Waals surface area contributed by atoms with Crippen LogP contribution < -0.4 is 15.1 Å². The Morgan fingerprint density at radius 2 is 1.67 bits per heavy atom. The van der Waals surface area contributed by atoms with Crippen LogP contribution in [0.15, 0.2) is 54.6 Å². The number of amides is 1. The highest BCUT2D eigenvalue weighted by atomic mass is 16.2. The van der Waals surface area contributed by atoms with E-state index in [9.17, 15) is 4.79 Å². The molecule has 0 aromatic heterocycles. The molecule has 2 N–H and O–H groups in total. The molecule has 0 saturated carbocycles. The highest BCUT2D eigenvalue weighted by Gasteiger charge is 2.12. The van der Waals surface area contributed by atoms with Gasteiger partial charge in [-0.3, -0.25) is 4.79 Å². The molecule has 2 aromatic rings. The maximum atomic E-state index is 12.2. The molecule has 0 fully saturated rings. The molecule has 0 bridgehead atoms. The van der Waals surface area contributed by atoms with Crippen LogP contribution in [0, 0.1) is 0 Å². The molecule has 1 unspecified atom stereocenters. The van der Waals surface area contributed by atoms with Crippen molar-refractivity contribution in [3.05, 3.63) is 65.7 Å². The van der Waals surface area contributed by atoms with Crippen molar-refractivity contribution in [2.24, 2.45) is 0 Å². The third-order valence-electron chi connectivity index (χ3n) is 4.15. The maximum Gasteiger partial charge on any atom is 0.275 e. The third kappa shape index (κ3) is 5.70. The molecule has 1 amide bonds. The van der Waals surface area contributed by atoms with Crippen molar-refractivity contribution in [2.45, 2.75) is 20.0 Å². The normalized spacial score (nSPS) is 11.8. The molecule has 4 heteroatoms. The predicted molar refractivity (Wildman–Crippen MR) is 99.1 cm³/mol. The van der Waals surface area contributed by atoms with E-state index in [-0.39, 0.29) is 5.91 Å². The minimum absolute atomic E-state index is 0.0967. The van der Waals surface area contributed by atoms with Crippen LogP contribution in [0.4, 0.5) is 5.69 Å². The molecular formula is C20H28N3O+. The average molecular weight is 326 g/mol. The van der Waals surface area contributed by atoms with Crippen LogP contribution in [0.5, 0.6) is 0 Å². The van der Waals surface area contributed by atoms with Gasteiger partial charge in [0.1, 0.15) is 6.54 Å². The molecule has 0 aliphatic carbocycles. The zero-order valence-electron chi connectivity index (χ0n) is 14.9. The van der Waals surface area contributed by atoms with Crippen molar-refractivity contribution >= 4 is 11.6 Å². The summed E-state index contributed by atoms with van der Waals surface area (Å²) in [5, 5.41) is 3.02. The maximum absolute atomic E-state index is 12.2. The Labute approximate surface area is 145 Å². The first kappa shape index (κ1) is 18.0. The minimum Gasteiger partial charge on any atom is -0.378 e. The fourth-order valence-corrected chi connectivity index (χ4v) is 2.60. The first-order valence-electron chi connectivity index (χ1n) is 8.49. The quantitative estimate of drug-likeness (QED) is 0.771. The summed E-state index contributed by atoms with van der Waals surface area (Å²) < 4.78 is 0. The summed E-state index contributed by atoms with van der Waals surface area (Å²) in [6, 6.07) is 18.6. The molecule has 2 aromatic carbocycles. The summed E-state index contributed by atoms with van der Waals surface area (Å²) in [4.78, 5) is 15.5. The average Bonchev–Trinajstić information content (AvgIpc) is 2.60. The molecule has 0 aliphatic rings. The smallest absolute Gasteiger partial charge is 0.275 e. The Morgan fingerprint density at radius 3 is 2.25 bits per heavy atom. The molecule has 0 radical (unpaired) electrons. The number of hydrogen-bond donors (Lipinski definition) is 2. The standard InChI is InChI=1S/C20H27N3O/c1-4-23(15-18-8-6-5-7-9-18)16-20(24)21-14-17-10-12-19(13-11-17)22(2)3/h5-13H,4,14-16H2,1-3H3,(H,21,24)/p+1. The zero-order valence-corrected chi connectivity index (χ0v) is 14.9. The Hall–Kier alpha value is -2.33. The predicted octanol–water partition coefficient (Wildman–Crippen LogP) is 1.47. The third-order valence-corrected chi connectivity index (χ3v) is 4.15. The van der Waals surface area contributed by atoms with Crippen LogP contribution in [0.2, 0.25) is 0 Å². The number of anilines is 1. The van der Waals surface area contributed by atoms with E-state index in [1.54, 1.807) is 0 Å². The van der Waals surface area contributed by atoms with E-state index in [2.05, 4.69) is 53.5 Å². The fraction of sp³-hybridized carbons (Fsp3) is 0.350. The van der Waals surface area contributed by atoms with E-state index in [0.717, 1.165) is 24.3 Å². The van der Waals surface area contributed by atoms with Gasteiger partial charge >= 0.3 is 0 Å². The number of quaternary nitrogens is 1. The molecule has 1 atom stereocenters. The molecule has 24 heavy (non-hydrogen) atoms. The molecule has 128 valence electrons. The number of rotatable bonds is 8. The Morgan fingerprint density at radius 1 is 1.00 bits per heavy atom. The second-order valence-electron chi connectivity index (χ2n) is 6.28.